The standard InChI is InChI=1S/C54H34N4O/c1-4-17-36(18-5-1)52-43-25-12-14-26-45(43)55-54(56-52)58-48-32-28-35-16-10-11-23-40(35)50(48)51-49(59-39-21-8-3-9-22-39)33-30-41(53(51)58)37-29-31-47-44(34-37)42-24-13-15-27-46(42)57(47)38-19-6-2-7-20-38/h1-34H. The van der Waals surface area contributed by atoms with Gasteiger partial charge in [-0.1, -0.05) is 140 Å². The van der Waals surface area contributed by atoms with E-state index in [1.54, 1.807) is 0 Å². The van der Waals surface area contributed by atoms with E-state index in [9.17, 15) is 0 Å². The Hall–Kier alpha value is -8.02. The van der Waals surface area contributed by atoms with Gasteiger partial charge in [0.1, 0.15) is 11.5 Å². The van der Waals surface area contributed by atoms with Gasteiger partial charge < -0.3 is 9.30 Å². The smallest absolute Gasteiger partial charge is 0.235 e. The van der Waals surface area contributed by atoms with E-state index in [0.717, 1.165) is 88.6 Å². The van der Waals surface area contributed by atoms with Gasteiger partial charge in [-0.15, -0.1) is 0 Å². The van der Waals surface area contributed by atoms with E-state index in [-0.39, 0.29) is 0 Å². The van der Waals surface area contributed by atoms with Crippen molar-refractivity contribution < 1.29 is 4.74 Å². The highest BCUT2D eigenvalue weighted by molar-refractivity contribution is 6.25. The second-order valence-corrected chi connectivity index (χ2v) is 14.9. The molecule has 3 heterocycles. The quantitative estimate of drug-likeness (QED) is 0.170. The maximum Gasteiger partial charge on any atom is 0.235 e. The van der Waals surface area contributed by atoms with Gasteiger partial charge in [-0.2, -0.15) is 0 Å². The molecule has 9 aromatic carbocycles. The summed E-state index contributed by atoms with van der Waals surface area (Å²) in [7, 11) is 0. The Balaban J connectivity index is 1.23. The summed E-state index contributed by atoms with van der Waals surface area (Å²) in [5, 5.41) is 7.76. The summed E-state index contributed by atoms with van der Waals surface area (Å²) < 4.78 is 11.5. The molecule has 0 radical (unpaired) electrons. The second kappa shape index (κ2) is 13.3. The lowest BCUT2D eigenvalue weighted by Gasteiger charge is -2.15. The highest BCUT2D eigenvalue weighted by atomic mass is 16.5. The van der Waals surface area contributed by atoms with Crippen LogP contribution in [-0.4, -0.2) is 19.1 Å². The molecule has 0 amide bonds. The maximum atomic E-state index is 6.87. The molecule has 0 aliphatic heterocycles. The molecule has 0 aliphatic carbocycles. The van der Waals surface area contributed by atoms with E-state index < -0.39 is 0 Å². The third kappa shape index (κ3) is 5.25. The first-order valence-corrected chi connectivity index (χ1v) is 19.9. The number of benzene rings is 9. The number of rotatable bonds is 6. The van der Waals surface area contributed by atoms with Crippen LogP contribution in [0.5, 0.6) is 11.5 Å². The summed E-state index contributed by atoms with van der Waals surface area (Å²) >= 11 is 0. The summed E-state index contributed by atoms with van der Waals surface area (Å²) in [6.07, 6.45) is 0. The number of ether oxygens (including phenoxy) is 1. The number of hydrogen-bond acceptors (Lipinski definition) is 3. The minimum Gasteiger partial charge on any atom is -0.457 e. The van der Waals surface area contributed by atoms with E-state index in [4.69, 9.17) is 14.7 Å². The molecule has 0 fully saturated rings. The lowest BCUT2D eigenvalue weighted by atomic mass is 9.98. The van der Waals surface area contributed by atoms with E-state index in [0.29, 0.717) is 5.95 Å². The lowest BCUT2D eigenvalue weighted by molar-refractivity contribution is 0.489. The van der Waals surface area contributed by atoms with Crippen LogP contribution in [0.3, 0.4) is 0 Å². The van der Waals surface area contributed by atoms with Gasteiger partial charge in [-0.3, -0.25) is 4.57 Å². The Morgan fingerprint density at radius 1 is 0.407 bits per heavy atom. The van der Waals surface area contributed by atoms with Crippen LogP contribution in [0, 0.1) is 0 Å². The number of aromatic nitrogens is 4. The van der Waals surface area contributed by atoms with E-state index in [1.807, 2.05) is 42.5 Å². The van der Waals surface area contributed by atoms with Gasteiger partial charge in [-0.05, 0) is 83.1 Å². The average molecular weight is 755 g/mol. The van der Waals surface area contributed by atoms with Gasteiger partial charge in [0.25, 0.3) is 0 Å². The predicted octanol–water partition coefficient (Wildman–Crippen LogP) is 14.1. The van der Waals surface area contributed by atoms with Crippen LogP contribution < -0.4 is 4.74 Å². The summed E-state index contributed by atoms with van der Waals surface area (Å²) in [5.41, 5.74) is 10.4. The van der Waals surface area contributed by atoms with Crippen molar-refractivity contribution in [2.75, 3.05) is 0 Å². The fraction of sp³-hybridized carbons (Fsp3) is 0. The van der Waals surface area contributed by atoms with E-state index in [1.165, 1.54) is 16.3 Å². The van der Waals surface area contributed by atoms with Crippen molar-refractivity contribution in [3.63, 3.8) is 0 Å². The van der Waals surface area contributed by atoms with E-state index >= 15 is 0 Å². The van der Waals surface area contributed by atoms with Gasteiger partial charge in [0.15, 0.2) is 0 Å². The van der Waals surface area contributed by atoms with Crippen LogP contribution in [0.1, 0.15) is 0 Å². The topological polar surface area (TPSA) is 44.9 Å². The molecule has 0 bridgehead atoms. The normalized spacial score (nSPS) is 11.7. The Morgan fingerprint density at radius 3 is 1.90 bits per heavy atom. The zero-order valence-electron chi connectivity index (χ0n) is 31.8. The molecule has 0 unspecified atom stereocenters. The molecule has 5 nitrogen and oxygen atoms in total. The molecule has 0 spiro atoms. The molecular formula is C54H34N4O. The van der Waals surface area contributed by atoms with Crippen molar-refractivity contribution in [1.82, 2.24) is 19.1 Å². The molecule has 5 heteroatoms. The molecular weight excluding hydrogens is 721 g/mol. The van der Waals surface area contributed by atoms with E-state index in [2.05, 4.69) is 173 Å². The molecule has 0 saturated heterocycles. The fourth-order valence-corrected chi connectivity index (χ4v) is 8.99. The Morgan fingerprint density at radius 2 is 1.07 bits per heavy atom. The van der Waals surface area contributed by atoms with Crippen LogP contribution in [-0.2, 0) is 0 Å². The minimum atomic E-state index is 0.595. The first kappa shape index (κ1) is 33.2. The van der Waals surface area contributed by atoms with Gasteiger partial charge in [0.05, 0.1) is 38.7 Å². The van der Waals surface area contributed by atoms with Gasteiger partial charge >= 0.3 is 0 Å². The zero-order valence-corrected chi connectivity index (χ0v) is 31.8. The molecule has 0 atom stereocenters. The summed E-state index contributed by atoms with van der Waals surface area (Å²) in [6.45, 7) is 0. The largest absolute Gasteiger partial charge is 0.457 e. The van der Waals surface area contributed by atoms with Crippen LogP contribution in [0.2, 0.25) is 0 Å². The van der Waals surface area contributed by atoms with Crippen molar-refractivity contribution in [3.05, 3.63) is 206 Å². The van der Waals surface area contributed by atoms with Crippen molar-refractivity contribution in [2.24, 2.45) is 0 Å². The first-order chi connectivity index (χ1) is 29.3. The first-order valence-electron chi connectivity index (χ1n) is 19.9. The third-order valence-corrected chi connectivity index (χ3v) is 11.6. The second-order valence-electron chi connectivity index (χ2n) is 14.9. The molecule has 3 aromatic heterocycles. The third-order valence-electron chi connectivity index (χ3n) is 11.6. The van der Waals surface area contributed by atoms with Gasteiger partial charge in [-0.25, -0.2) is 9.97 Å². The molecule has 59 heavy (non-hydrogen) atoms. The highest BCUT2D eigenvalue weighted by Crippen LogP contribution is 2.47. The number of nitrogens with zero attached hydrogens (tertiary/aromatic N) is 4. The zero-order chi connectivity index (χ0) is 38.9. The summed E-state index contributed by atoms with van der Waals surface area (Å²) in [4.78, 5) is 10.8. The van der Waals surface area contributed by atoms with Crippen molar-refractivity contribution in [3.8, 4) is 45.5 Å². The summed E-state index contributed by atoms with van der Waals surface area (Å²) in [5.74, 6) is 2.13. The molecule has 0 saturated carbocycles. The number of para-hydroxylation sites is 4. The Labute approximate surface area is 339 Å². The number of hydrogen-bond donors (Lipinski definition) is 0. The highest BCUT2D eigenvalue weighted by Gasteiger charge is 2.25. The van der Waals surface area contributed by atoms with Gasteiger partial charge in [0.2, 0.25) is 5.95 Å². The Bertz CT molecular complexity index is 3570. The number of fused-ring (bicyclic) bond motifs is 9. The molecule has 12 aromatic rings. The lowest BCUT2D eigenvalue weighted by Crippen LogP contribution is -2.04. The monoisotopic (exact) mass is 754 g/mol. The minimum absolute atomic E-state index is 0.595. The van der Waals surface area contributed by atoms with Crippen LogP contribution >= 0.6 is 0 Å². The average Bonchev–Trinajstić information content (AvgIpc) is 3.83. The molecule has 0 aliphatic rings. The predicted molar refractivity (Wildman–Crippen MR) is 243 cm³/mol. The SMILES string of the molecule is c1ccc(Oc2ccc(-c3ccc4c(c3)c3ccccc3n4-c3ccccc3)c3c2c2c4ccccc4ccc2n3-c2nc(-c3ccccc3)c3ccccc3n2)cc1. The molecule has 276 valence electrons. The van der Waals surface area contributed by atoms with Gasteiger partial charge in [0, 0.05) is 38.4 Å². The molecule has 12 rings (SSSR count). The van der Waals surface area contributed by atoms with Crippen LogP contribution in [0.4, 0.5) is 0 Å². The Kier molecular flexibility index (Phi) is 7.47. The van der Waals surface area contributed by atoms with Crippen molar-refractivity contribution >= 4 is 65.3 Å². The van der Waals surface area contributed by atoms with Crippen LogP contribution in [0.15, 0.2) is 206 Å². The summed E-state index contributed by atoms with van der Waals surface area (Å²) in [6, 6.07) is 72.2. The maximum absolute atomic E-state index is 6.87. The fourth-order valence-electron chi connectivity index (χ4n) is 8.99. The van der Waals surface area contributed by atoms with Crippen molar-refractivity contribution in [2.45, 2.75) is 0 Å². The van der Waals surface area contributed by atoms with Crippen molar-refractivity contribution in [1.29, 1.82) is 0 Å². The van der Waals surface area contributed by atoms with Crippen LogP contribution in [0.25, 0.3) is 99.3 Å². The molecule has 0 N–H and O–H groups in total.